The Labute approximate surface area is 223 Å². The molecule has 0 saturated heterocycles. The van der Waals surface area contributed by atoms with Gasteiger partial charge in [0.05, 0.1) is 5.97 Å². The molecule has 2 rings (SSSR count). The van der Waals surface area contributed by atoms with Crippen molar-refractivity contribution in [2.45, 2.75) is 96.8 Å². The van der Waals surface area contributed by atoms with E-state index in [2.05, 4.69) is 27.7 Å². The SMILES string of the molecule is CCC[CH2][Sn+2][CH2]CCC.CCC[CH2][Sn+2][CH2]CCC.C[O-].O=C([O-])c1ccc2c(c1)OCO2.[O-2]. The van der Waals surface area contributed by atoms with Crippen LogP contribution >= 0.6 is 0 Å². The standard InChI is InChI=1S/C8H6O4.4C4H9.CH3O.O.2Sn/c9-8(10)5-1-2-6-7(3-5)12-4-11-6;4*1-3-4-2;1-2;;;/h1-3H,4H2,(H,9,10);4*1,3-4H2,2H3;1H3;;;/q;;;;;-1;-2;2*+2/p-1. The van der Waals surface area contributed by atoms with Crippen LogP contribution in [0.4, 0.5) is 0 Å². The van der Waals surface area contributed by atoms with Crippen LogP contribution in [0.2, 0.25) is 17.7 Å². The third-order valence-electron chi connectivity index (χ3n) is 4.44. The van der Waals surface area contributed by atoms with E-state index in [1.165, 1.54) is 63.5 Å². The maximum Gasteiger partial charge on any atom is 0.231 e. The number of rotatable bonds is 13. The normalized spacial score (nSPS) is 9.88. The van der Waals surface area contributed by atoms with E-state index in [-0.39, 0.29) is 60.1 Å². The molecular weight excluding hydrogens is 634 g/mol. The maximum atomic E-state index is 10.4. The molecule has 8 heteroatoms. The van der Waals surface area contributed by atoms with Gasteiger partial charge < -0.3 is 30.0 Å². The van der Waals surface area contributed by atoms with Crippen molar-refractivity contribution in [3.05, 3.63) is 23.8 Å². The second-order valence-corrected chi connectivity index (χ2v) is 15.8. The Morgan fingerprint density at radius 2 is 1.18 bits per heavy atom. The van der Waals surface area contributed by atoms with Crippen molar-refractivity contribution < 1.29 is 30.0 Å². The predicted octanol–water partition coefficient (Wildman–Crippen LogP) is 4.89. The third kappa shape index (κ3) is 23.3. The summed E-state index contributed by atoms with van der Waals surface area (Å²) in [5.74, 6) is -0.190. The van der Waals surface area contributed by atoms with E-state index in [9.17, 15) is 9.90 Å². The summed E-state index contributed by atoms with van der Waals surface area (Å²) in [5.41, 5.74) is 0.0965. The number of carbonyl (C=O) groups excluding carboxylic acids is 1. The molecule has 0 spiro atoms. The van der Waals surface area contributed by atoms with Gasteiger partial charge in [-0.25, -0.2) is 0 Å². The molecule has 33 heavy (non-hydrogen) atoms. The van der Waals surface area contributed by atoms with Crippen molar-refractivity contribution in [1.29, 1.82) is 0 Å². The monoisotopic (exact) mass is 680 g/mol. The summed E-state index contributed by atoms with van der Waals surface area (Å²) in [7, 11) is 0.750. The summed E-state index contributed by atoms with van der Waals surface area (Å²) in [4.78, 5) is 10.4. The van der Waals surface area contributed by atoms with Crippen LogP contribution in [0, 0.1) is 0 Å². The van der Waals surface area contributed by atoms with Gasteiger partial charge in [-0.05, 0) is 18.2 Å². The van der Waals surface area contributed by atoms with Crippen LogP contribution in [-0.4, -0.2) is 62.2 Å². The molecule has 0 bridgehead atoms. The quantitative estimate of drug-likeness (QED) is 0.218. The van der Waals surface area contributed by atoms with Gasteiger partial charge in [-0.1, -0.05) is 0 Å². The molecule has 0 fully saturated rings. The Morgan fingerprint density at radius 3 is 1.55 bits per heavy atom. The van der Waals surface area contributed by atoms with Gasteiger partial charge in [0.15, 0.2) is 11.5 Å². The topological polar surface area (TPSA) is 110 Å². The average Bonchev–Trinajstić information content (AvgIpc) is 3.29. The fourth-order valence-corrected chi connectivity index (χ4v) is 10.8. The number of hydrogen-bond acceptors (Lipinski definition) is 5. The molecule has 188 valence electrons. The number of fused-ring (bicyclic) bond motifs is 1. The first-order valence-corrected chi connectivity index (χ1v) is 20.1. The van der Waals surface area contributed by atoms with Crippen LogP contribution in [0.25, 0.3) is 0 Å². The summed E-state index contributed by atoms with van der Waals surface area (Å²) in [6, 6.07) is 4.36. The van der Waals surface area contributed by atoms with Crippen molar-refractivity contribution in [1.82, 2.24) is 0 Å². The number of hydrogen-bond donors (Lipinski definition) is 0. The van der Waals surface area contributed by atoms with E-state index < -0.39 is 5.97 Å². The van der Waals surface area contributed by atoms with Gasteiger partial charge in [0.25, 0.3) is 0 Å². The summed E-state index contributed by atoms with van der Waals surface area (Å²) < 4.78 is 16.5. The minimum atomic E-state index is -1.21. The van der Waals surface area contributed by atoms with Crippen molar-refractivity contribution in [3.8, 4) is 11.5 Å². The zero-order chi connectivity index (χ0) is 24.5. The van der Waals surface area contributed by atoms with Crippen LogP contribution in [0.15, 0.2) is 18.2 Å². The minimum absolute atomic E-state index is 0. The van der Waals surface area contributed by atoms with Gasteiger partial charge in [0.1, 0.15) is 0 Å². The number of aromatic carboxylic acids is 1. The molecule has 0 amide bonds. The van der Waals surface area contributed by atoms with Gasteiger partial charge in [0.2, 0.25) is 6.79 Å². The first-order chi connectivity index (χ1) is 15.6. The summed E-state index contributed by atoms with van der Waals surface area (Å²) >= 11 is 0.299. The van der Waals surface area contributed by atoms with Gasteiger partial charge in [-0.3, -0.25) is 0 Å². The van der Waals surface area contributed by atoms with Crippen LogP contribution in [0.1, 0.15) is 89.4 Å². The summed E-state index contributed by atoms with van der Waals surface area (Å²) in [6.45, 7) is 9.31. The molecule has 1 aliphatic heterocycles. The zero-order valence-corrected chi connectivity index (χ0v) is 27.1. The molecule has 0 aromatic heterocycles. The first-order valence-electron chi connectivity index (χ1n) is 12.0. The molecule has 0 radical (unpaired) electrons. The Bertz CT molecular complexity index is 518. The minimum Gasteiger partial charge on any atom is -2.00 e. The maximum absolute atomic E-state index is 10.4. The van der Waals surface area contributed by atoms with Gasteiger partial charge in [-0.15, -0.1) is 0 Å². The Morgan fingerprint density at radius 1 is 0.788 bits per heavy atom. The van der Waals surface area contributed by atoms with Crippen molar-refractivity contribution in [2.75, 3.05) is 13.9 Å². The fraction of sp³-hybridized carbons (Fsp3) is 0.720. The molecule has 6 nitrogen and oxygen atoms in total. The molecule has 1 aliphatic rings. The zero-order valence-electron chi connectivity index (χ0n) is 21.4. The van der Waals surface area contributed by atoms with E-state index in [1.807, 2.05) is 0 Å². The average molecular weight is 678 g/mol. The van der Waals surface area contributed by atoms with Crippen molar-refractivity contribution in [3.63, 3.8) is 0 Å². The van der Waals surface area contributed by atoms with Crippen LogP contribution in [0.5, 0.6) is 11.5 Å². The number of ether oxygens (including phenoxy) is 2. The van der Waals surface area contributed by atoms with Crippen LogP contribution < -0.4 is 19.7 Å². The van der Waals surface area contributed by atoms with Crippen molar-refractivity contribution in [2.24, 2.45) is 0 Å². The molecule has 0 atom stereocenters. The molecular formula is C25H44O6Sn2. The number of carboxylic acids is 1. The van der Waals surface area contributed by atoms with Crippen LogP contribution in [0.3, 0.4) is 0 Å². The van der Waals surface area contributed by atoms with Crippen molar-refractivity contribution >= 4 is 48.3 Å². The number of carbonyl (C=O) groups is 1. The molecule has 0 aliphatic carbocycles. The summed E-state index contributed by atoms with van der Waals surface area (Å²) in [6.07, 6.45) is 11.7. The molecule has 1 aromatic carbocycles. The van der Waals surface area contributed by atoms with E-state index in [1.54, 1.807) is 23.8 Å². The van der Waals surface area contributed by atoms with E-state index in [0.717, 1.165) is 7.11 Å². The number of benzene rings is 1. The number of unbranched alkanes of at least 4 members (excludes halogenated alkanes) is 4. The van der Waals surface area contributed by atoms with E-state index in [0.29, 0.717) is 11.5 Å². The summed E-state index contributed by atoms with van der Waals surface area (Å²) in [5, 5.41) is 18.6. The Hall–Kier alpha value is -0.193. The van der Waals surface area contributed by atoms with E-state index in [4.69, 9.17) is 14.6 Å². The van der Waals surface area contributed by atoms with Gasteiger partial charge in [-0.2, -0.15) is 7.11 Å². The third-order valence-corrected chi connectivity index (χ3v) is 12.5. The number of carboxylic acid groups (broad SMARTS) is 1. The molecule has 0 saturated carbocycles. The second kappa shape index (κ2) is 29.8. The predicted molar refractivity (Wildman–Crippen MR) is 134 cm³/mol. The fourth-order valence-electron chi connectivity index (χ4n) is 2.48. The second-order valence-electron chi connectivity index (χ2n) is 7.27. The molecule has 0 unspecified atom stereocenters. The van der Waals surface area contributed by atoms with Gasteiger partial charge in [0, 0.05) is 5.56 Å². The smallest absolute Gasteiger partial charge is 0.231 e. The van der Waals surface area contributed by atoms with E-state index >= 15 is 0 Å². The largest absolute Gasteiger partial charge is 2.00 e. The molecule has 1 aromatic rings. The molecule has 0 N–H and O–H groups in total. The Kier molecular flexibility index (Phi) is 33.8. The van der Waals surface area contributed by atoms with Gasteiger partial charge >= 0.3 is 139 Å². The first kappa shape index (κ1) is 37.4. The Balaban J connectivity index is -0.000000395. The molecule has 1 heterocycles. The van der Waals surface area contributed by atoms with Crippen LogP contribution in [-0.2, 0) is 5.48 Å².